The van der Waals surface area contributed by atoms with E-state index in [0.717, 1.165) is 10.9 Å². The van der Waals surface area contributed by atoms with E-state index in [-0.39, 0.29) is 5.52 Å². The van der Waals surface area contributed by atoms with Gasteiger partial charge in [0.05, 0.1) is 5.52 Å². The van der Waals surface area contributed by atoms with Crippen LogP contribution in [-0.4, -0.2) is 43.7 Å². The molecule has 0 atom stereocenters. The molecule has 9 heteroatoms. The van der Waals surface area contributed by atoms with E-state index in [0.29, 0.717) is 5.65 Å². The van der Waals surface area contributed by atoms with E-state index in [9.17, 15) is 9.59 Å². The first-order valence-electron chi connectivity index (χ1n) is 7.08. The zero-order valence-corrected chi connectivity index (χ0v) is 13.1. The van der Waals surface area contributed by atoms with Crippen molar-refractivity contribution in [1.29, 1.82) is 0 Å². The summed E-state index contributed by atoms with van der Waals surface area (Å²) >= 11 is 0. The van der Waals surface area contributed by atoms with Gasteiger partial charge in [0.15, 0.2) is 11.2 Å². The summed E-state index contributed by atoms with van der Waals surface area (Å²) in [6.45, 7) is 0. The van der Waals surface area contributed by atoms with Gasteiger partial charge in [-0.15, -0.1) is 0 Å². The first-order valence-corrected chi connectivity index (χ1v) is 7.08. The molecule has 4 rings (SSSR count). The van der Waals surface area contributed by atoms with E-state index in [2.05, 4.69) is 24.9 Å². The van der Waals surface area contributed by atoms with Gasteiger partial charge in [0.2, 0.25) is 0 Å². The summed E-state index contributed by atoms with van der Waals surface area (Å²) in [5.41, 5.74) is 0.593. The lowest BCUT2D eigenvalue weighted by Crippen LogP contribution is -2.27. The minimum absolute atomic E-state index is 0.221. The number of hydrogen-bond donors (Lipinski definition) is 2. The van der Waals surface area contributed by atoms with Gasteiger partial charge in [0.25, 0.3) is 5.56 Å². The third kappa shape index (κ3) is 3.00. The van der Waals surface area contributed by atoms with Crippen LogP contribution >= 0.6 is 0 Å². The fourth-order valence-electron chi connectivity index (χ4n) is 2.15. The Kier molecular flexibility index (Phi) is 4.06. The molecule has 0 bridgehead atoms. The quantitative estimate of drug-likeness (QED) is 0.518. The van der Waals surface area contributed by atoms with Crippen LogP contribution in [0.5, 0.6) is 0 Å². The van der Waals surface area contributed by atoms with E-state index in [1.807, 2.05) is 30.5 Å². The SMILES string of the molecule is CN(C)n1cnc2c(=O)[nH]c(=O)[nH]c21.c1ccc2ncncc2c1. The van der Waals surface area contributed by atoms with Crippen molar-refractivity contribution in [3.05, 3.63) is 64.0 Å². The van der Waals surface area contributed by atoms with Crippen LogP contribution in [0.4, 0.5) is 0 Å². The van der Waals surface area contributed by atoms with E-state index >= 15 is 0 Å². The zero-order chi connectivity index (χ0) is 17.1. The molecule has 3 heterocycles. The summed E-state index contributed by atoms with van der Waals surface area (Å²) in [7, 11) is 3.56. The van der Waals surface area contributed by atoms with Gasteiger partial charge in [0, 0.05) is 25.7 Å². The van der Waals surface area contributed by atoms with E-state index in [1.54, 1.807) is 30.1 Å². The van der Waals surface area contributed by atoms with Crippen LogP contribution in [-0.2, 0) is 0 Å². The molecule has 0 fully saturated rings. The molecule has 9 nitrogen and oxygen atoms in total. The Hall–Kier alpha value is -3.49. The molecular weight excluding hydrogens is 310 g/mol. The number of rotatable bonds is 1. The number of nitrogens with one attached hydrogen (secondary N) is 2. The summed E-state index contributed by atoms with van der Waals surface area (Å²) in [5, 5.41) is 2.79. The molecule has 0 aliphatic heterocycles. The first-order chi connectivity index (χ1) is 11.6. The molecule has 1 aromatic carbocycles. The van der Waals surface area contributed by atoms with E-state index in [4.69, 9.17) is 0 Å². The maximum absolute atomic E-state index is 11.3. The predicted molar refractivity (Wildman–Crippen MR) is 90.6 cm³/mol. The smallest absolute Gasteiger partial charge is 0.316 e. The number of imidazole rings is 1. The third-order valence-electron chi connectivity index (χ3n) is 3.27. The maximum atomic E-state index is 11.3. The fourth-order valence-corrected chi connectivity index (χ4v) is 2.15. The van der Waals surface area contributed by atoms with Crippen molar-refractivity contribution in [1.82, 2.24) is 29.6 Å². The Balaban J connectivity index is 0.000000149. The van der Waals surface area contributed by atoms with E-state index in [1.165, 1.54) is 6.33 Å². The van der Waals surface area contributed by atoms with Crippen molar-refractivity contribution in [3.63, 3.8) is 0 Å². The second-order valence-electron chi connectivity index (χ2n) is 5.12. The van der Waals surface area contributed by atoms with Gasteiger partial charge < -0.3 is 5.01 Å². The molecule has 0 unspecified atom stereocenters. The molecule has 4 aromatic rings. The molecule has 24 heavy (non-hydrogen) atoms. The number of hydrogen-bond acceptors (Lipinski definition) is 6. The Morgan fingerprint density at radius 2 is 1.88 bits per heavy atom. The second kappa shape index (κ2) is 6.32. The molecule has 0 amide bonds. The predicted octanol–water partition coefficient (Wildman–Crippen LogP) is 0.240. The number of fused-ring (bicyclic) bond motifs is 2. The van der Waals surface area contributed by atoms with Gasteiger partial charge in [-0.3, -0.25) is 14.8 Å². The number of H-pyrrole nitrogens is 2. The summed E-state index contributed by atoms with van der Waals surface area (Å²) in [5.74, 6) is 0. The number of nitrogens with zero attached hydrogens (tertiary/aromatic N) is 5. The van der Waals surface area contributed by atoms with Gasteiger partial charge >= 0.3 is 5.69 Å². The lowest BCUT2D eigenvalue weighted by Gasteiger charge is -2.13. The van der Waals surface area contributed by atoms with Crippen molar-refractivity contribution in [2.24, 2.45) is 0 Å². The van der Waals surface area contributed by atoms with Gasteiger partial charge in [-0.1, -0.05) is 18.2 Å². The highest BCUT2D eigenvalue weighted by atomic mass is 16.2. The Bertz CT molecular complexity index is 1030. The summed E-state index contributed by atoms with van der Waals surface area (Å²) < 4.78 is 1.58. The maximum Gasteiger partial charge on any atom is 0.327 e. The Morgan fingerprint density at radius 3 is 2.62 bits per heavy atom. The van der Waals surface area contributed by atoms with E-state index < -0.39 is 11.2 Å². The first kappa shape index (κ1) is 15.4. The van der Waals surface area contributed by atoms with Crippen molar-refractivity contribution < 1.29 is 0 Å². The number of aromatic amines is 2. The third-order valence-corrected chi connectivity index (χ3v) is 3.27. The molecule has 122 valence electrons. The molecule has 0 aliphatic carbocycles. The molecule has 0 radical (unpaired) electrons. The Morgan fingerprint density at radius 1 is 1.08 bits per heavy atom. The lowest BCUT2D eigenvalue weighted by molar-refractivity contribution is 0.743. The average molecular weight is 325 g/mol. The summed E-state index contributed by atoms with van der Waals surface area (Å²) in [6, 6.07) is 7.91. The fraction of sp³-hybridized carbons (Fsp3) is 0.133. The normalized spacial score (nSPS) is 10.4. The number of aromatic nitrogens is 6. The minimum atomic E-state index is -0.536. The largest absolute Gasteiger partial charge is 0.327 e. The summed E-state index contributed by atoms with van der Waals surface area (Å²) in [6.07, 6.45) is 4.83. The molecule has 0 aliphatic rings. The van der Waals surface area contributed by atoms with Crippen LogP contribution in [0.3, 0.4) is 0 Å². The number of para-hydroxylation sites is 1. The number of benzene rings is 1. The highest BCUT2D eigenvalue weighted by Gasteiger charge is 2.08. The molecule has 0 saturated carbocycles. The van der Waals surface area contributed by atoms with Gasteiger partial charge in [-0.25, -0.2) is 24.4 Å². The molecule has 0 saturated heterocycles. The average Bonchev–Trinajstić information content (AvgIpc) is 3.00. The second-order valence-corrected chi connectivity index (χ2v) is 5.12. The minimum Gasteiger partial charge on any atom is -0.316 e. The Labute approximate surface area is 135 Å². The molecular formula is C15H15N7O2. The van der Waals surface area contributed by atoms with Gasteiger partial charge in [-0.05, 0) is 6.07 Å². The van der Waals surface area contributed by atoms with Crippen molar-refractivity contribution in [2.75, 3.05) is 19.1 Å². The molecule has 0 spiro atoms. The monoisotopic (exact) mass is 325 g/mol. The lowest BCUT2D eigenvalue weighted by atomic mass is 10.2. The standard InChI is InChI=1S/C8H6N2.C7H9N5O2/c1-2-4-8-7(3-1)5-9-6-10-8;1-11(2)12-3-8-4-5(12)9-7(14)10-6(4)13/h1-6H;3H,1-2H3,(H2,9,10,13,14). The topological polar surface area (TPSA) is 113 Å². The molecule has 2 N–H and O–H groups in total. The van der Waals surface area contributed by atoms with Crippen LogP contribution < -0.4 is 16.3 Å². The van der Waals surface area contributed by atoms with Crippen LogP contribution in [0.2, 0.25) is 0 Å². The van der Waals surface area contributed by atoms with Gasteiger partial charge in [0.1, 0.15) is 12.7 Å². The summed E-state index contributed by atoms with van der Waals surface area (Å²) in [4.78, 5) is 38.7. The van der Waals surface area contributed by atoms with Crippen LogP contribution in [0.15, 0.2) is 52.7 Å². The van der Waals surface area contributed by atoms with Crippen LogP contribution in [0.25, 0.3) is 22.1 Å². The highest BCUT2D eigenvalue weighted by Crippen LogP contribution is 2.06. The highest BCUT2D eigenvalue weighted by molar-refractivity contribution is 5.76. The van der Waals surface area contributed by atoms with Crippen molar-refractivity contribution >= 4 is 22.1 Å². The van der Waals surface area contributed by atoms with Crippen molar-refractivity contribution in [2.45, 2.75) is 0 Å². The van der Waals surface area contributed by atoms with Gasteiger partial charge in [-0.2, -0.15) is 0 Å². The molecule has 3 aromatic heterocycles. The van der Waals surface area contributed by atoms with Crippen LogP contribution in [0.1, 0.15) is 0 Å². The van der Waals surface area contributed by atoms with Crippen LogP contribution in [0, 0.1) is 0 Å². The zero-order valence-electron chi connectivity index (χ0n) is 13.1. The van der Waals surface area contributed by atoms with Crippen molar-refractivity contribution in [3.8, 4) is 0 Å².